The van der Waals surface area contributed by atoms with Gasteiger partial charge in [-0.05, 0) is 41.8 Å². The maximum Gasteiger partial charge on any atom is 0.363 e. The number of carbonyl (C=O) groups excluding carboxylic acids is 1. The predicted molar refractivity (Wildman–Crippen MR) is 105 cm³/mol. The molecule has 0 bridgehead atoms. The van der Waals surface area contributed by atoms with Gasteiger partial charge in [0.15, 0.2) is 17.2 Å². The number of rotatable bonds is 6. The molecular weight excluding hydrogens is 366 g/mol. The molecule has 2 aromatic rings. The molecule has 0 atom stereocenters. The minimum absolute atomic E-state index is 0.197. The lowest BCUT2D eigenvalue weighted by molar-refractivity contribution is -0.129. The third-order valence-electron chi connectivity index (χ3n) is 3.76. The highest BCUT2D eigenvalue weighted by Gasteiger charge is 2.24. The van der Waals surface area contributed by atoms with Crippen LogP contribution in [0, 0.1) is 5.92 Å². The first-order valence-corrected chi connectivity index (χ1v) is 8.94. The van der Waals surface area contributed by atoms with Crippen molar-refractivity contribution in [3.8, 4) is 11.5 Å². The summed E-state index contributed by atoms with van der Waals surface area (Å²) < 4.78 is 16.4. The normalized spacial score (nSPS) is 15.1. The molecule has 1 aliphatic heterocycles. The number of methoxy groups -OCH3 is 1. The molecule has 0 radical (unpaired) electrons. The molecule has 0 fully saturated rings. The molecule has 0 amide bonds. The van der Waals surface area contributed by atoms with Crippen molar-refractivity contribution in [1.82, 2.24) is 0 Å². The molecular formula is C21H20ClNO4. The second-order valence-corrected chi connectivity index (χ2v) is 6.85. The number of cyclic esters (lactones) is 1. The summed E-state index contributed by atoms with van der Waals surface area (Å²) in [7, 11) is 1.54. The number of hydrogen-bond donors (Lipinski definition) is 0. The summed E-state index contributed by atoms with van der Waals surface area (Å²) in [6, 6.07) is 12.7. The standard InChI is InChI=1S/C21H20ClNO4/c1-13(2)12-26-19-16(22)9-14(11-18(19)25-3)10-17-21(24)27-20(23-17)15-7-5-4-6-8-15/h4-11,13H,12H2,1-3H3/b17-10-. The van der Waals surface area contributed by atoms with Crippen LogP contribution in [-0.2, 0) is 9.53 Å². The van der Waals surface area contributed by atoms with Gasteiger partial charge in [-0.3, -0.25) is 0 Å². The molecule has 0 aromatic heterocycles. The van der Waals surface area contributed by atoms with Gasteiger partial charge in [-0.25, -0.2) is 9.79 Å². The van der Waals surface area contributed by atoms with Gasteiger partial charge in [0.25, 0.3) is 0 Å². The number of benzene rings is 2. The zero-order chi connectivity index (χ0) is 19.4. The number of halogens is 1. The van der Waals surface area contributed by atoms with Gasteiger partial charge in [0.2, 0.25) is 5.90 Å². The first-order chi connectivity index (χ1) is 13.0. The monoisotopic (exact) mass is 385 g/mol. The Kier molecular flexibility index (Phi) is 5.81. The third-order valence-corrected chi connectivity index (χ3v) is 4.04. The Labute approximate surface area is 163 Å². The fraction of sp³-hybridized carbons (Fsp3) is 0.238. The van der Waals surface area contributed by atoms with Crippen LogP contribution in [0.5, 0.6) is 11.5 Å². The van der Waals surface area contributed by atoms with Crippen LogP contribution in [0.4, 0.5) is 0 Å². The zero-order valence-electron chi connectivity index (χ0n) is 15.4. The van der Waals surface area contributed by atoms with E-state index in [4.69, 9.17) is 25.8 Å². The lowest BCUT2D eigenvalue weighted by atomic mass is 10.1. The molecule has 3 rings (SSSR count). The lowest BCUT2D eigenvalue weighted by Gasteiger charge is -2.14. The number of carbonyl (C=O) groups is 1. The highest BCUT2D eigenvalue weighted by molar-refractivity contribution is 6.32. The fourth-order valence-electron chi connectivity index (χ4n) is 2.48. The van der Waals surface area contributed by atoms with E-state index in [9.17, 15) is 4.79 Å². The molecule has 140 valence electrons. The van der Waals surface area contributed by atoms with Crippen LogP contribution in [0.2, 0.25) is 5.02 Å². The van der Waals surface area contributed by atoms with E-state index in [-0.39, 0.29) is 11.6 Å². The van der Waals surface area contributed by atoms with Crippen molar-refractivity contribution in [3.05, 3.63) is 64.3 Å². The van der Waals surface area contributed by atoms with Crippen LogP contribution in [0.3, 0.4) is 0 Å². The minimum atomic E-state index is -0.510. The number of nitrogens with zero attached hydrogens (tertiary/aromatic N) is 1. The van der Waals surface area contributed by atoms with Gasteiger partial charge in [-0.1, -0.05) is 43.6 Å². The smallest absolute Gasteiger partial charge is 0.363 e. The van der Waals surface area contributed by atoms with Gasteiger partial charge in [-0.15, -0.1) is 0 Å². The molecule has 0 unspecified atom stereocenters. The number of esters is 1. The van der Waals surface area contributed by atoms with E-state index in [1.54, 1.807) is 25.3 Å². The van der Waals surface area contributed by atoms with Gasteiger partial charge in [0.05, 0.1) is 18.7 Å². The maximum atomic E-state index is 12.2. The molecule has 1 heterocycles. The van der Waals surface area contributed by atoms with E-state index in [2.05, 4.69) is 4.99 Å². The third kappa shape index (κ3) is 4.49. The second kappa shape index (κ2) is 8.27. The molecule has 6 heteroatoms. The van der Waals surface area contributed by atoms with Crippen LogP contribution in [0.1, 0.15) is 25.0 Å². The van der Waals surface area contributed by atoms with Crippen molar-refractivity contribution in [1.29, 1.82) is 0 Å². The molecule has 2 aromatic carbocycles. The van der Waals surface area contributed by atoms with E-state index in [1.807, 2.05) is 44.2 Å². The Morgan fingerprint density at radius 2 is 1.96 bits per heavy atom. The summed E-state index contributed by atoms with van der Waals surface area (Å²) in [5.41, 5.74) is 1.60. The number of aliphatic imine (C=N–C) groups is 1. The van der Waals surface area contributed by atoms with E-state index in [0.717, 1.165) is 5.56 Å². The van der Waals surface area contributed by atoms with Gasteiger partial charge >= 0.3 is 5.97 Å². The number of hydrogen-bond acceptors (Lipinski definition) is 5. The molecule has 0 N–H and O–H groups in total. The van der Waals surface area contributed by atoms with E-state index in [1.165, 1.54) is 0 Å². The molecule has 0 saturated carbocycles. The Hall–Kier alpha value is -2.79. The largest absolute Gasteiger partial charge is 0.493 e. The summed E-state index contributed by atoms with van der Waals surface area (Å²) in [6.07, 6.45) is 1.61. The van der Waals surface area contributed by atoms with Crippen molar-refractivity contribution in [2.75, 3.05) is 13.7 Å². The zero-order valence-corrected chi connectivity index (χ0v) is 16.1. The quantitative estimate of drug-likeness (QED) is 0.533. The number of ether oxygens (including phenoxy) is 3. The summed E-state index contributed by atoms with van der Waals surface area (Å²) in [5, 5.41) is 0.403. The summed E-state index contributed by atoms with van der Waals surface area (Å²) in [4.78, 5) is 16.4. The molecule has 0 saturated heterocycles. The molecule has 1 aliphatic rings. The highest BCUT2D eigenvalue weighted by Crippen LogP contribution is 2.37. The molecule has 27 heavy (non-hydrogen) atoms. The van der Waals surface area contributed by atoms with Crippen molar-refractivity contribution in [3.63, 3.8) is 0 Å². The Morgan fingerprint density at radius 3 is 2.63 bits per heavy atom. The summed E-state index contributed by atoms with van der Waals surface area (Å²) in [6.45, 7) is 4.62. The Bertz CT molecular complexity index is 904. The summed E-state index contributed by atoms with van der Waals surface area (Å²) >= 11 is 6.36. The topological polar surface area (TPSA) is 57.1 Å². The van der Waals surface area contributed by atoms with Crippen molar-refractivity contribution >= 4 is 29.5 Å². The second-order valence-electron chi connectivity index (χ2n) is 6.44. The maximum absolute atomic E-state index is 12.2. The Balaban J connectivity index is 1.91. The molecule has 5 nitrogen and oxygen atoms in total. The van der Waals surface area contributed by atoms with E-state index < -0.39 is 5.97 Å². The SMILES string of the molecule is COc1cc(/C=C2\N=C(c3ccccc3)OC2=O)cc(Cl)c1OCC(C)C. The predicted octanol–water partition coefficient (Wildman–Crippen LogP) is 4.73. The average molecular weight is 386 g/mol. The lowest BCUT2D eigenvalue weighted by Crippen LogP contribution is -2.06. The van der Waals surface area contributed by atoms with Crippen LogP contribution < -0.4 is 9.47 Å². The first-order valence-electron chi connectivity index (χ1n) is 8.56. The van der Waals surface area contributed by atoms with Crippen LogP contribution in [0.15, 0.2) is 53.2 Å². The van der Waals surface area contributed by atoms with E-state index in [0.29, 0.717) is 34.6 Å². The van der Waals surface area contributed by atoms with E-state index >= 15 is 0 Å². The minimum Gasteiger partial charge on any atom is -0.493 e. The van der Waals surface area contributed by atoms with Crippen LogP contribution in [0.25, 0.3) is 6.08 Å². The molecule has 0 spiro atoms. The molecule has 0 aliphatic carbocycles. The van der Waals surface area contributed by atoms with Crippen molar-refractivity contribution in [2.45, 2.75) is 13.8 Å². The Morgan fingerprint density at radius 1 is 1.22 bits per heavy atom. The van der Waals surface area contributed by atoms with Gasteiger partial charge < -0.3 is 14.2 Å². The first kappa shape index (κ1) is 19.0. The van der Waals surface area contributed by atoms with Crippen molar-refractivity contribution in [2.24, 2.45) is 10.9 Å². The fourth-order valence-corrected chi connectivity index (χ4v) is 2.76. The van der Waals surface area contributed by atoms with Crippen molar-refractivity contribution < 1.29 is 19.0 Å². The van der Waals surface area contributed by atoms with Crippen LogP contribution in [-0.4, -0.2) is 25.6 Å². The average Bonchev–Trinajstić information content (AvgIpc) is 3.01. The van der Waals surface area contributed by atoms with Gasteiger partial charge in [-0.2, -0.15) is 0 Å². The van der Waals surface area contributed by atoms with Crippen LogP contribution >= 0.6 is 11.6 Å². The van der Waals surface area contributed by atoms with Gasteiger partial charge in [0, 0.05) is 5.56 Å². The highest BCUT2D eigenvalue weighted by atomic mass is 35.5. The van der Waals surface area contributed by atoms with Gasteiger partial charge in [0.1, 0.15) is 0 Å². The summed E-state index contributed by atoms with van der Waals surface area (Å²) in [5.74, 6) is 1.10.